The highest BCUT2D eigenvalue weighted by Gasteiger charge is 2.01. The van der Waals surface area contributed by atoms with Crippen LogP contribution in [0.15, 0.2) is 6.07 Å². The molecule has 0 aliphatic rings. The number of hydrogen-bond acceptors (Lipinski definition) is 4. The molecule has 0 unspecified atom stereocenters. The standard InChI is InChI=1S/C13H23N3O/c1-4-6-7-8-9-14-13-15-11(3)10-12(16-13)17-5-2/h10H,4-9H2,1-3H3,(H,14,15,16). The van der Waals surface area contributed by atoms with Gasteiger partial charge in [-0.2, -0.15) is 4.98 Å². The molecule has 0 fully saturated rings. The Bertz CT molecular complexity index is 328. The number of anilines is 1. The lowest BCUT2D eigenvalue weighted by atomic mass is 10.2. The van der Waals surface area contributed by atoms with Crippen LogP contribution in [0.5, 0.6) is 5.88 Å². The minimum absolute atomic E-state index is 0.631. The van der Waals surface area contributed by atoms with E-state index in [9.17, 15) is 0 Å². The predicted octanol–water partition coefficient (Wildman–Crippen LogP) is 3.18. The van der Waals surface area contributed by atoms with E-state index in [1.165, 1.54) is 19.3 Å². The van der Waals surface area contributed by atoms with E-state index in [2.05, 4.69) is 22.2 Å². The van der Waals surface area contributed by atoms with Crippen LogP contribution in [0.2, 0.25) is 0 Å². The molecule has 1 N–H and O–H groups in total. The summed E-state index contributed by atoms with van der Waals surface area (Å²) in [5, 5.41) is 3.24. The molecule has 0 saturated heterocycles. The predicted molar refractivity (Wildman–Crippen MR) is 70.6 cm³/mol. The highest BCUT2D eigenvalue weighted by atomic mass is 16.5. The van der Waals surface area contributed by atoms with Crippen molar-refractivity contribution in [2.75, 3.05) is 18.5 Å². The number of aryl methyl sites for hydroxylation is 1. The molecule has 1 rings (SSSR count). The van der Waals surface area contributed by atoms with Crippen LogP contribution in [0.3, 0.4) is 0 Å². The van der Waals surface area contributed by atoms with Crippen molar-refractivity contribution in [1.82, 2.24) is 9.97 Å². The Morgan fingerprint density at radius 3 is 2.71 bits per heavy atom. The van der Waals surface area contributed by atoms with Gasteiger partial charge in [0.15, 0.2) is 0 Å². The molecule has 1 aromatic rings. The van der Waals surface area contributed by atoms with E-state index in [1.54, 1.807) is 0 Å². The number of nitrogens with zero attached hydrogens (tertiary/aromatic N) is 2. The van der Waals surface area contributed by atoms with E-state index in [0.717, 1.165) is 18.7 Å². The van der Waals surface area contributed by atoms with Crippen LogP contribution in [0.1, 0.15) is 45.2 Å². The van der Waals surface area contributed by atoms with Crippen molar-refractivity contribution in [1.29, 1.82) is 0 Å². The molecule has 1 aromatic heterocycles. The van der Waals surface area contributed by atoms with Crippen LogP contribution >= 0.6 is 0 Å². The van der Waals surface area contributed by atoms with Gasteiger partial charge in [0.25, 0.3) is 0 Å². The Hall–Kier alpha value is -1.32. The number of unbranched alkanes of at least 4 members (excludes halogenated alkanes) is 3. The van der Waals surface area contributed by atoms with Crippen LogP contribution in [0.25, 0.3) is 0 Å². The van der Waals surface area contributed by atoms with E-state index < -0.39 is 0 Å². The normalized spacial score (nSPS) is 10.3. The van der Waals surface area contributed by atoms with E-state index >= 15 is 0 Å². The molecule has 0 aliphatic heterocycles. The van der Waals surface area contributed by atoms with E-state index in [0.29, 0.717) is 18.4 Å². The van der Waals surface area contributed by atoms with Crippen molar-refractivity contribution in [3.05, 3.63) is 11.8 Å². The lowest BCUT2D eigenvalue weighted by Gasteiger charge is -2.08. The fourth-order valence-corrected chi connectivity index (χ4v) is 1.59. The third-order valence-corrected chi connectivity index (χ3v) is 2.44. The molecule has 0 bridgehead atoms. The summed E-state index contributed by atoms with van der Waals surface area (Å²) in [5.74, 6) is 1.32. The molecular formula is C13H23N3O. The van der Waals surface area contributed by atoms with Gasteiger partial charge in [-0.1, -0.05) is 26.2 Å². The zero-order valence-corrected chi connectivity index (χ0v) is 11.1. The lowest BCUT2D eigenvalue weighted by molar-refractivity contribution is 0.326. The molecule has 0 spiro atoms. The maximum atomic E-state index is 5.38. The van der Waals surface area contributed by atoms with Gasteiger partial charge in [0, 0.05) is 18.3 Å². The summed E-state index contributed by atoms with van der Waals surface area (Å²) >= 11 is 0. The second-order valence-corrected chi connectivity index (χ2v) is 4.09. The third-order valence-electron chi connectivity index (χ3n) is 2.44. The molecule has 0 atom stereocenters. The molecule has 4 nitrogen and oxygen atoms in total. The first kappa shape index (κ1) is 13.7. The van der Waals surface area contributed by atoms with Crippen molar-refractivity contribution in [3.8, 4) is 5.88 Å². The first-order valence-electron chi connectivity index (χ1n) is 6.48. The van der Waals surface area contributed by atoms with Gasteiger partial charge in [-0.05, 0) is 20.3 Å². The van der Waals surface area contributed by atoms with Gasteiger partial charge >= 0.3 is 0 Å². The Kier molecular flexibility index (Phi) is 6.37. The maximum Gasteiger partial charge on any atom is 0.226 e. The summed E-state index contributed by atoms with van der Waals surface area (Å²) in [6.07, 6.45) is 4.97. The van der Waals surface area contributed by atoms with Crippen LogP contribution < -0.4 is 10.1 Å². The largest absolute Gasteiger partial charge is 0.478 e. The van der Waals surface area contributed by atoms with Crippen LogP contribution in [0.4, 0.5) is 5.95 Å². The molecule has 96 valence electrons. The first-order valence-corrected chi connectivity index (χ1v) is 6.48. The van der Waals surface area contributed by atoms with Gasteiger partial charge in [-0.3, -0.25) is 0 Å². The summed E-state index contributed by atoms with van der Waals surface area (Å²) in [6.45, 7) is 7.68. The van der Waals surface area contributed by atoms with Gasteiger partial charge < -0.3 is 10.1 Å². The van der Waals surface area contributed by atoms with Crippen LogP contribution in [-0.2, 0) is 0 Å². The smallest absolute Gasteiger partial charge is 0.226 e. The molecule has 0 saturated carbocycles. The average molecular weight is 237 g/mol. The molecule has 0 radical (unpaired) electrons. The highest BCUT2D eigenvalue weighted by Crippen LogP contribution is 2.12. The Balaban J connectivity index is 2.41. The van der Waals surface area contributed by atoms with E-state index in [1.807, 2.05) is 19.9 Å². The van der Waals surface area contributed by atoms with Crippen LogP contribution in [-0.4, -0.2) is 23.1 Å². The van der Waals surface area contributed by atoms with Crippen molar-refractivity contribution >= 4 is 5.95 Å². The van der Waals surface area contributed by atoms with Gasteiger partial charge in [0.05, 0.1) is 6.61 Å². The zero-order chi connectivity index (χ0) is 12.5. The summed E-state index contributed by atoms with van der Waals surface area (Å²) in [6, 6.07) is 1.85. The lowest BCUT2D eigenvalue weighted by Crippen LogP contribution is -2.07. The van der Waals surface area contributed by atoms with Crippen molar-refractivity contribution in [2.45, 2.75) is 46.5 Å². The van der Waals surface area contributed by atoms with Gasteiger partial charge in [0.2, 0.25) is 11.8 Å². The van der Waals surface area contributed by atoms with Gasteiger partial charge in [-0.15, -0.1) is 0 Å². The summed E-state index contributed by atoms with van der Waals surface area (Å²) < 4.78 is 5.38. The van der Waals surface area contributed by atoms with Crippen molar-refractivity contribution in [2.24, 2.45) is 0 Å². The average Bonchev–Trinajstić information content (AvgIpc) is 2.28. The molecular weight excluding hydrogens is 214 g/mol. The second kappa shape index (κ2) is 7.87. The quantitative estimate of drug-likeness (QED) is 0.705. The Labute approximate surface area is 104 Å². The minimum atomic E-state index is 0.631. The number of nitrogens with one attached hydrogen (secondary N) is 1. The van der Waals surface area contributed by atoms with Crippen LogP contribution in [0, 0.1) is 6.92 Å². The number of hydrogen-bond donors (Lipinski definition) is 1. The molecule has 0 aromatic carbocycles. The summed E-state index contributed by atoms with van der Waals surface area (Å²) in [4.78, 5) is 8.63. The summed E-state index contributed by atoms with van der Waals surface area (Å²) in [5.41, 5.74) is 0.930. The number of ether oxygens (including phenoxy) is 1. The van der Waals surface area contributed by atoms with E-state index in [-0.39, 0.29) is 0 Å². The molecule has 0 amide bonds. The Morgan fingerprint density at radius 2 is 2.00 bits per heavy atom. The second-order valence-electron chi connectivity index (χ2n) is 4.09. The zero-order valence-electron chi connectivity index (χ0n) is 11.1. The fourth-order valence-electron chi connectivity index (χ4n) is 1.59. The van der Waals surface area contributed by atoms with E-state index in [4.69, 9.17) is 4.74 Å². The molecule has 17 heavy (non-hydrogen) atoms. The maximum absolute atomic E-state index is 5.38. The topological polar surface area (TPSA) is 47.0 Å². The molecule has 0 aliphatic carbocycles. The summed E-state index contributed by atoms with van der Waals surface area (Å²) in [7, 11) is 0. The number of rotatable bonds is 8. The first-order chi connectivity index (χ1) is 8.26. The third kappa shape index (κ3) is 5.52. The highest BCUT2D eigenvalue weighted by molar-refractivity contribution is 5.30. The van der Waals surface area contributed by atoms with Gasteiger partial charge in [0.1, 0.15) is 0 Å². The van der Waals surface area contributed by atoms with Crippen molar-refractivity contribution < 1.29 is 4.74 Å². The van der Waals surface area contributed by atoms with Gasteiger partial charge in [-0.25, -0.2) is 4.98 Å². The number of aromatic nitrogens is 2. The molecule has 1 heterocycles. The Morgan fingerprint density at radius 1 is 1.18 bits per heavy atom. The fraction of sp³-hybridized carbons (Fsp3) is 0.692. The molecule has 4 heteroatoms. The SMILES string of the molecule is CCCCCCNc1nc(C)cc(OCC)n1. The monoisotopic (exact) mass is 237 g/mol. The van der Waals surface area contributed by atoms with Crippen molar-refractivity contribution in [3.63, 3.8) is 0 Å². The minimum Gasteiger partial charge on any atom is -0.478 e.